The van der Waals surface area contributed by atoms with Crippen LogP contribution < -0.4 is 10.5 Å². The van der Waals surface area contributed by atoms with E-state index in [0.29, 0.717) is 16.8 Å². The number of piperidine rings is 1. The number of halogens is 1. The molecule has 2 rings (SSSR count). The van der Waals surface area contributed by atoms with E-state index >= 15 is 0 Å². The molecule has 1 heterocycles. The Labute approximate surface area is 131 Å². The van der Waals surface area contributed by atoms with Gasteiger partial charge in [-0.2, -0.15) is 0 Å². The molecule has 0 radical (unpaired) electrons. The Balaban J connectivity index is 2.03. The summed E-state index contributed by atoms with van der Waals surface area (Å²) >= 11 is 6.14. The fraction of sp³-hybridized carbons (Fsp3) is 0.571. The highest BCUT2D eigenvalue weighted by molar-refractivity contribution is 7.89. The fourth-order valence-electron chi connectivity index (χ4n) is 2.63. The predicted molar refractivity (Wildman–Crippen MR) is 86.2 cm³/mol. The third-order valence-electron chi connectivity index (χ3n) is 3.75. The van der Waals surface area contributed by atoms with Crippen LogP contribution >= 0.6 is 11.6 Å². The zero-order valence-corrected chi connectivity index (χ0v) is 13.8. The third-order valence-corrected chi connectivity index (χ3v) is 4.99. The summed E-state index contributed by atoms with van der Waals surface area (Å²) in [6.45, 7) is 5.42. The van der Waals surface area contributed by atoms with Gasteiger partial charge in [0.05, 0.1) is 15.6 Å². The molecule has 0 atom stereocenters. The van der Waals surface area contributed by atoms with Gasteiger partial charge in [0.15, 0.2) is 0 Å². The van der Waals surface area contributed by atoms with Gasteiger partial charge in [0, 0.05) is 19.1 Å². The van der Waals surface area contributed by atoms with E-state index < -0.39 is 10.0 Å². The van der Waals surface area contributed by atoms with Crippen molar-refractivity contribution in [2.75, 3.05) is 25.0 Å². The summed E-state index contributed by atoms with van der Waals surface area (Å²) in [5.74, 6) is 0. The molecule has 0 spiro atoms. The number of anilines is 1. The number of likely N-dealkylation sites (tertiary alicyclic amines) is 1. The second-order valence-corrected chi connectivity index (χ2v) is 7.42. The highest BCUT2D eigenvalue weighted by Crippen LogP contribution is 2.27. The molecular formula is C14H22ClN3O2S. The average Bonchev–Trinajstić information content (AvgIpc) is 2.42. The number of nitrogens with one attached hydrogen (secondary N) is 1. The van der Waals surface area contributed by atoms with Gasteiger partial charge in [-0.1, -0.05) is 18.5 Å². The maximum Gasteiger partial charge on any atom is 0.238 e. The Hall–Kier alpha value is -0.820. The highest BCUT2D eigenvalue weighted by Gasteiger charge is 2.20. The van der Waals surface area contributed by atoms with E-state index in [9.17, 15) is 8.42 Å². The minimum absolute atomic E-state index is 0.0813. The quantitative estimate of drug-likeness (QED) is 0.868. The molecule has 0 unspecified atom stereocenters. The van der Waals surface area contributed by atoms with Gasteiger partial charge in [0.2, 0.25) is 10.0 Å². The van der Waals surface area contributed by atoms with Gasteiger partial charge in [-0.25, -0.2) is 13.6 Å². The summed E-state index contributed by atoms with van der Waals surface area (Å²) in [5.41, 5.74) is 0.636. The van der Waals surface area contributed by atoms with Crippen molar-refractivity contribution in [3.8, 4) is 0 Å². The number of nitrogens with zero attached hydrogens (tertiary/aromatic N) is 1. The summed E-state index contributed by atoms with van der Waals surface area (Å²) in [5, 5.41) is 9.01. The molecule has 118 valence electrons. The molecule has 1 aliphatic heterocycles. The molecule has 1 aromatic rings. The Morgan fingerprint density at radius 3 is 2.62 bits per heavy atom. The summed E-state index contributed by atoms with van der Waals surface area (Å²) in [4.78, 5) is 2.53. The molecule has 1 saturated heterocycles. The molecule has 1 aromatic carbocycles. The highest BCUT2D eigenvalue weighted by atomic mass is 35.5. The van der Waals surface area contributed by atoms with Crippen LogP contribution in [0.2, 0.25) is 5.02 Å². The van der Waals surface area contributed by atoms with E-state index in [4.69, 9.17) is 16.7 Å². The van der Waals surface area contributed by atoms with E-state index in [1.807, 2.05) is 0 Å². The van der Waals surface area contributed by atoms with E-state index in [2.05, 4.69) is 17.1 Å². The number of nitrogens with two attached hydrogens (primary N) is 1. The Morgan fingerprint density at radius 1 is 1.38 bits per heavy atom. The lowest BCUT2D eigenvalue weighted by Crippen LogP contribution is -2.39. The Kier molecular flexibility index (Phi) is 5.48. The van der Waals surface area contributed by atoms with Crippen LogP contribution in [-0.4, -0.2) is 39.0 Å². The molecule has 7 heteroatoms. The summed E-state index contributed by atoms with van der Waals surface area (Å²) in [7, 11) is -3.71. The summed E-state index contributed by atoms with van der Waals surface area (Å²) in [6, 6.07) is 4.81. The minimum atomic E-state index is -3.71. The van der Waals surface area contributed by atoms with Crippen molar-refractivity contribution in [1.29, 1.82) is 0 Å². The monoisotopic (exact) mass is 331 g/mol. The first-order chi connectivity index (χ1) is 9.90. The largest absolute Gasteiger partial charge is 0.381 e. The van der Waals surface area contributed by atoms with Crippen molar-refractivity contribution < 1.29 is 8.42 Å². The molecule has 1 aliphatic rings. The van der Waals surface area contributed by atoms with Crippen molar-refractivity contribution in [2.24, 2.45) is 5.14 Å². The van der Waals surface area contributed by atoms with Crippen LogP contribution in [0.25, 0.3) is 0 Å². The zero-order chi connectivity index (χ0) is 15.5. The van der Waals surface area contributed by atoms with Gasteiger partial charge in [0.25, 0.3) is 0 Å². The van der Waals surface area contributed by atoms with Crippen LogP contribution in [0, 0.1) is 0 Å². The topological polar surface area (TPSA) is 75.4 Å². The van der Waals surface area contributed by atoms with E-state index in [-0.39, 0.29) is 4.90 Å². The first-order valence-corrected chi connectivity index (χ1v) is 9.14. The average molecular weight is 332 g/mol. The van der Waals surface area contributed by atoms with E-state index in [0.717, 1.165) is 32.5 Å². The zero-order valence-electron chi connectivity index (χ0n) is 12.2. The van der Waals surface area contributed by atoms with Crippen LogP contribution in [-0.2, 0) is 10.0 Å². The fourth-order valence-corrected chi connectivity index (χ4v) is 3.34. The molecule has 0 bridgehead atoms. The number of rotatable bonds is 5. The van der Waals surface area contributed by atoms with E-state index in [1.165, 1.54) is 18.6 Å². The number of primary sulfonamides is 1. The predicted octanol–water partition coefficient (Wildman–Crippen LogP) is 2.27. The normalized spacial score (nSPS) is 17.9. The molecule has 1 fully saturated rings. The van der Waals surface area contributed by atoms with Crippen molar-refractivity contribution in [1.82, 2.24) is 4.90 Å². The molecular weight excluding hydrogens is 310 g/mol. The van der Waals surface area contributed by atoms with Crippen LogP contribution in [0.1, 0.15) is 26.2 Å². The number of hydrogen-bond donors (Lipinski definition) is 2. The van der Waals surface area contributed by atoms with Gasteiger partial charge in [-0.05, 0) is 44.0 Å². The second-order valence-electron chi connectivity index (χ2n) is 5.45. The maximum absolute atomic E-state index is 11.4. The molecule has 0 aliphatic carbocycles. The van der Waals surface area contributed by atoms with Gasteiger partial charge < -0.3 is 10.2 Å². The van der Waals surface area contributed by atoms with Crippen LogP contribution in [0.15, 0.2) is 23.1 Å². The lowest BCUT2D eigenvalue weighted by molar-refractivity contribution is 0.219. The lowest BCUT2D eigenvalue weighted by Gasteiger charge is -2.32. The first-order valence-electron chi connectivity index (χ1n) is 7.21. The Bertz CT molecular complexity index is 584. The van der Waals surface area contributed by atoms with Crippen molar-refractivity contribution in [3.63, 3.8) is 0 Å². The van der Waals surface area contributed by atoms with E-state index in [1.54, 1.807) is 6.07 Å². The minimum Gasteiger partial charge on any atom is -0.381 e. The van der Waals surface area contributed by atoms with Crippen LogP contribution in [0.3, 0.4) is 0 Å². The first kappa shape index (κ1) is 16.5. The lowest BCUT2D eigenvalue weighted by atomic mass is 10.0. The SMILES string of the molecule is CCCN1CCC(Nc2cc(S(N)(=O)=O)ccc2Cl)CC1. The number of sulfonamides is 1. The standard InChI is InChI=1S/C14H22ClN3O2S/c1-2-7-18-8-5-11(6-9-18)17-14-10-12(21(16,19)20)3-4-13(14)15/h3-4,10-11,17H,2,5-9H2,1H3,(H2,16,19,20). The second kappa shape index (κ2) is 6.96. The van der Waals surface area contributed by atoms with Gasteiger partial charge in [0.1, 0.15) is 0 Å². The van der Waals surface area contributed by atoms with Crippen LogP contribution in [0.4, 0.5) is 5.69 Å². The van der Waals surface area contributed by atoms with Crippen molar-refractivity contribution in [2.45, 2.75) is 37.1 Å². The number of hydrogen-bond acceptors (Lipinski definition) is 4. The molecule has 0 saturated carbocycles. The Morgan fingerprint density at radius 2 is 2.05 bits per heavy atom. The summed E-state index contributed by atoms with van der Waals surface area (Å²) < 4.78 is 22.8. The van der Waals surface area contributed by atoms with Gasteiger partial charge in [-0.3, -0.25) is 0 Å². The van der Waals surface area contributed by atoms with Crippen molar-refractivity contribution in [3.05, 3.63) is 23.2 Å². The molecule has 5 nitrogen and oxygen atoms in total. The summed E-state index contributed by atoms with van der Waals surface area (Å²) in [6.07, 6.45) is 3.21. The van der Waals surface area contributed by atoms with Crippen molar-refractivity contribution >= 4 is 27.3 Å². The number of benzene rings is 1. The molecule has 0 aromatic heterocycles. The maximum atomic E-state index is 11.4. The smallest absolute Gasteiger partial charge is 0.238 e. The molecule has 0 amide bonds. The third kappa shape index (κ3) is 4.57. The molecule has 3 N–H and O–H groups in total. The molecule has 21 heavy (non-hydrogen) atoms. The van der Waals surface area contributed by atoms with Gasteiger partial charge in [-0.15, -0.1) is 0 Å². The van der Waals surface area contributed by atoms with Crippen LogP contribution in [0.5, 0.6) is 0 Å². The van der Waals surface area contributed by atoms with Gasteiger partial charge >= 0.3 is 0 Å².